The van der Waals surface area contributed by atoms with Gasteiger partial charge in [0.2, 0.25) is 0 Å². The number of aliphatic hydroxyl groups excluding tert-OH is 1. The van der Waals surface area contributed by atoms with Crippen molar-refractivity contribution >= 4 is 28.6 Å². The summed E-state index contributed by atoms with van der Waals surface area (Å²) in [5, 5.41) is 21.2. The molecule has 2 aromatic carbocycles. The molecule has 0 saturated carbocycles. The molecule has 0 unspecified atom stereocenters. The van der Waals surface area contributed by atoms with Crippen LogP contribution in [0.4, 0.5) is 8.78 Å². The number of carboxylic acids is 1. The van der Waals surface area contributed by atoms with Gasteiger partial charge in [-0.2, -0.15) is 0 Å². The summed E-state index contributed by atoms with van der Waals surface area (Å²) in [6, 6.07) is 11.7. The van der Waals surface area contributed by atoms with Crippen LogP contribution >= 0.6 is 11.8 Å². The second-order valence-electron chi connectivity index (χ2n) is 9.82. The Morgan fingerprint density at radius 2 is 2.05 bits per heavy atom. The zero-order valence-electron chi connectivity index (χ0n) is 21.5. The summed E-state index contributed by atoms with van der Waals surface area (Å²) in [7, 11) is 1.61. The zero-order valence-corrected chi connectivity index (χ0v) is 22.3. The van der Waals surface area contributed by atoms with Gasteiger partial charge in [-0.1, -0.05) is 6.07 Å². The van der Waals surface area contributed by atoms with Crippen molar-refractivity contribution in [1.29, 1.82) is 0 Å². The van der Waals surface area contributed by atoms with E-state index < -0.39 is 23.7 Å². The molecule has 0 aliphatic carbocycles. The van der Waals surface area contributed by atoms with Crippen molar-refractivity contribution in [3.63, 3.8) is 0 Å². The quantitative estimate of drug-likeness (QED) is 0.274. The van der Waals surface area contributed by atoms with E-state index in [0.29, 0.717) is 41.7 Å². The maximum absolute atomic E-state index is 14.0. The van der Waals surface area contributed by atoms with Crippen LogP contribution in [0.3, 0.4) is 0 Å². The SMILES string of the molecule is COc1ccc2nccc([C@H](O)CC[C@@H]3CCN(CCSc4cccc(F)c4F)C[C@H]3CCC(=O)O)c2c1. The summed E-state index contributed by atoms with van der Waals surface area (Å²) in [6.45, 7) is 2.33. The fraction of sp³-hybridized carbons (Fsp3) is 0.448. The van der Waals surface area contributed by atoms with Gasteiger partial charge in [0.15, 0.2) is 11.6 Å². The number of aliphatic carboxylic acids is 1. The van der Waals surface area contributed by atoms with Gasteiger partial charge < -0.3 is 19.8 Å². The number of carbonyl (C=O) groups is 1. The molecule has 9 heteroatoms. The molecule has 1 aromatic heterocycles. The molecule has 1 aliphatic rings. The summed E-state index contributed by atoms with van der Waals surface area (Å²) in [6.07, 6.45) is 3.98. The Bertz CT molecular complexity index is 1240. The summed E-state index contributed by atoms with van der Waals surface area (Å²) in [5.41, 5.74) is 1.61. The summed E-state index contributed by atoms with van der Waals surface area (Å²) >= 11 is 1.29. The first-order valence-corrected chi connectivity index (χ1v) is 14.0. The first-order chi connectivity index (χ1) is 18.4. The molecule has 3 atom stereocenters. The summed E-state index contributed by atoms with van der Waals surface area (Å²) < 4.78 is 32.8. The lowest BCUT2D eigenvalue weighted by atomic mass is 9.79. The number of methoxy groups -OCH3 is 1. The molecule has 2 heterocycles. The molecule has 38 heavy (non-hydrogen) atoms. The maximum atomic E-state index is 14.0. The van der Waals surface area contributed by atoms with Gasteiger partial charge in [0.1, 0.15) is 5.75 Å². The van der Waals surface area contributed by atoms with E-state index in [0.717, 1.165) is 48.5 Å². The molecule has 0 bridgehead atoms. The van der Waals surface area contributed by atoms with Crippen LogP contribution in [0.15, 0.2) is 53.6 Å². The molecule has 1 fully saturated rings. The third-order valence-corrected chi connectivity index (χ3v) is 8.45. The number of ether oxygens (including phenoxy) is 1. The average molecular weight is 545 g/mol. The fourth-order valence-electron chi connectivity index (χ4n) is 5.35. The Hall–Kier alpha value is -2.75. The normalized spacial score (nSPS) is 18.9. The summed E-state index contributed by atoms with van der Waals surface area (Å²) in [5.74, 6) is -0.643. The molecule has 0 spiro atoms. The lowest BCUT2D eigenvalue weighted by molar-refractivity contribution is -0.137. The molecule has 1 aliphatic heterocycles. The van der Waals surface area contributed by atoms with E-state index in [-0.39, 0.29) is 12.3 Å². The number of fused-ring (bicyclic) bond motifs is 1. The number of pyridine rings is 1. The molecular weight excluding hydrogens is 510 g/mol. The van der Waals surface area contributed by atoms with Gasteiger partial charge in [0.25, 0.3) is 0 Å². The Kier molecular flexibility index (Phi) is 9.93. The van der Waals surface area contributed by atoms with E-state index in [1.807, 2.05) is 24.3 Å². The molecule has 6 nitrogen and oxygen atoms in total. The smallest absolute Gasteiger partial charge is 0.303 e. The number of piperidine rings is 1. The Labute approximate surface area is 226 Å². The third-order valence-electron chi connectivity index (χ3n) is 7.44. The number of rotatable bonds is 12. The van der Waals surface area contributed by atoms with Crippen molar-refractivity contribution in [3.8, 4) is 5.75 Å². The lowest BCUT2D eigenvalue weighted by Crippen LogP contribution is -2.41. The van der Waals surface area contributed by atoms with Crippen LogP contribution in [0.1, 0.15) is 43.8 Å². The topological polar surface area (TPSA) is 82.9 Å². The van der Waals surface area contributed by atoms with Crippen LogP contribution in [0.2, 0.25) is 0 Å². The number of thioether (sulfide) groups is 1. The lowest BCUT2D eigenvalue weighted by Gasteiger charge is -2.39. The molecule has 0 radical (unpaired) electrons. The molecule has 1 saturated heterocycles. The number of halogens is 2. The highest BCUT2D eigenvalue weighted by atomic mass is 32.2. The number of nitrogens with zero attached hydrogens (tertiary/aromatic N) is 2. The monoisotopic (exact) mass is 544 g/mol. The standard InChI is InChI=1S/C29H34F2N2O4S/c1-37-21-7-8-25-23(17-21)22(11-13-32-25)26(34)9-5-19-12-14-33(18-20(19)6-10-28(35)36)15-16-38-27-4-2-3-24(30)29(27)31/h2-4,7-8,11,13,17,19-20,26,34H,5-6,9-10,12,14-16,18H2,1H3,(H,35,36)/t19-,20-,26-/m1/s1. The molecule has 0 amide bonds. The molecule has 204 valence electrons. The van der Waals surface area contributed by atoms with Gasteiger partial charge in [-0.25, -0.2) is 8.78 Å². The van der Waals surface area contributed by atoms with Gasteiger partial charge in [-0.3, -0.25) is 9.78 Å². The Balaban J connectivity index is 1.36. The number of aliphatic hydroxyl groups is 1. The van der Waals surface area contributed by atoms with Crippen LogP contribution in [-0.2, 0) is 4.79 Å². The van der Waals surface area contributed by atoms with E-state index in [2.05, 4.69) is 9.88 Å². The van der Waals surface area contributed by atoms with Crippen molar-refractivity contribution in [2.75, 3.05) is 32.5 Å². The van der Waals surface area contributed by atoms with Gasteiger partial charge in [0, 0.05) is 41.7 Å². The summed E-state index contributed by atoms with van der Waals surface area (Å²) in [4.78, 5) is 18.3. The highest BCUT2D eigenvalue weighted by Gasteiger charge is 2.30. The van der Waals surface area contributed by atoms with Crippen LogP contribution < -0.4 is 4.74 Å². The van der Waals surface area contributed by atoms with E-state index in [4.69, 9.17) is 4.74 Å². The van der Waals surface area contributed by atoms with E-state index in [9.17, 15) is 23.8 Å². The molecular formula is C29H34F2N2O4S. The first kappa shape index (κ1) is 28.3. The Morgan fingerprint density at radius 3 is 2.84 bits per heavy atom. The third kappa shape index (κ3) is 7.21. The van der Waals surface area contributed by atoms with Crippen LogP contribution in [0.5, 0.6) is 5.75 Å². The molecule has 4 rings (SSSR count). The number of benzene rings is 2. The minimum absolute atomic E-state index is 0.107. The minimum Gasteiger partial charge on any atom is -0.497 e. The van der Waals surface area contributed by atoms with Crippen molar-refractivity contribution in [2.45, 2.75) is 43.1 Å². The van der Waals surface area contributed by atoms with Gasteiger partial charge in [-0.15, -0.1) is 11.8 Å². The highest BCUT2D eigenvalue weighted by Crippen LogP contribution is 2.35. The molecule has 2 N–H and O–H groups in total. The van der Waals surface area contributed by atoms with Crippen molar-refractivity contribution in [1.82, 2.24) is 9.88 Å². The van der Waals surface area contributed by atoms with Crippen molar-refractivity contribution in [2.24, 2.45) is 11.8 Å². The maximum Gasteiger partial charge on any atom is 0.303 e. The predicted molar refractivity (Wildman–Crippen MR) is 144 cm³/mol. The number of carboxylic acid groups (broad SMARTS) is 1. The Morgan fingerprint density at radius 1 is 1.21 bits per heavy atom. The second kappa shape index (κ2) is 13.4. The molecule has 3 aromatic rings. The average Bonchev–Trinajstić information content (AvgIpc) is 2.92. The van der Waals surface area contributed by atoms with Gasteiger partial charge >= 0.3 is 5.97 Å². The minimum atomic E-state index is -0.842. The van der Waals surface area contributed by atoms with Gasteiger partial charge in [-0.05, 0) is 86.0 Å². The van der Waals surface area contributed by atoms with Crippen LogP contribution in [0, 0.1) is 23.5 Å². The predicted octanol–water partition coefficient (Wildman–Crippen LogP) is 5.93. The fourth-order valence-corrected chi connectivity index (χ4v) is 6.32. The number of aromatic nitrogens is 1. The second-order valence-corrected chi connectivity index (χ2v) is 11.0. The zero-order chi connectivity index (χ0) is 27.1. The first-order valence-electron chi connectivity index (χ1n) is 13.0. The highest BCUT2D eigenvalue weighted by molar-refractivity contribution is 7.99. The van der Waals surface area contributed by atoms with Gasteiger partial charge in [0.05, 0.1) is 18.7 Å². The number of hydrogen-bond acceptors (Lipinski definition) is 6. The largest absolute Gasteiger partial charge is 0.497 e. The van der Waals surface area contributed by atoms with E-state index in [1.54, 1.807) is 19.4 Å². The van der Waals surface area contributed by atoms with Crippen LogP contribution in [0.25, 0.3) is 10.9 Å². The van der Waals surface area contributed by atoms with Crippen LogP contribution in [-0.4, -0.2) is 58.6 Å². The van der Waals surface area contributed by atoms with Crippen molar-refractivity contribution in [3.05, 3.63) is 65.9 Å². The van der Waals surface area contributed by atoms with E-state index in [1.165, 1.54) is 17.8 Å². The number of likely N-dealkylation sites (tertiary alicyclic amines) is 1. The number of hydrogen-bond donors (Lipinski definition) is 2. The van der Waals surface area contributed by atoms with E-state index >= 15 is 0 Å². The van der Waals surface area contributed by atoms with Crippen molar-refractivity contribution < 1.29 is 28.5 Å².